The largest absolute Gasteiger partial charge is 0.269 e. The highest BCUT2D eigenvalue weighted by Gasteiger charge is 2.11. The minimum absolute atomic E-state index is 0.0741. The Bertz CT molecular complexity index is 543. The van der Waals surface area contributed by atoms with E-state index >= 15 is 0 Å². The molecule has 0 saturated carbocycles. The lowest BCUT2D eigenvalue weighted by atomic mass is 10.2. The summed E-state index contributed by atoms with van der Waals surface area (Å²) >= 11 is 0. The first kappa shape index (κ1) is 13.2. The van der Waals surface area contributed by atoms with Crippen molar-refractivity contribution in [3.8, 4) is 12.3 Å². The zero-order valence-corrected chi connectivity index (χ0v) is 9.61. The Hall–Kier alpha value is -1.91. The molecule has 0 aliphatic carbocycles. The Morgan fingerprint density at radius 1 is 1.35 bits per heavy atom. The molecular weight excluding hydrogens is 244 g/mol. The molecule has 90 valence electrons. The van der Waals surface area contributed by atoms with Gasteiger partial charge in [0.05, 0.1) is 17.2 Å². The molecule has 7 heteroatoms. The van der Waals surface area contributed by atoms with Gasteiger partial charge < -0.3 is 0 Å². The summed E-state index contributed by atoms with van der Waals surface area (Å²) in [4.78, 5) is 9.84. The Labute approximate surface area is 98.9 Å². The lowest BCUT2D eigenvalue weighted by Crippen LogP contribution is -2.25. The lowest BCUT2D eigenvalue weighted by molar-refractivity contribution is -0.384. The van der Waals surface area contributed by atoms with Crippen LogP contribution in [-0.4, -0.2) is 19.9 Å². The smallest absolute Gasteiger partial charge is 0.258 e. The summed E-state index contributed by atoms with van der Waals surface area (Å²) in [6.07, 6.45) is 4.93. The molecule has 0 amide bonds. The quantitative estimate of drug-likeness (QED) is 0.474. The molecule has 0 atom stereocenters. The van der Waals surface area contributed by atoms with Crippen LogP contribution in [0.2, 0.25) is 0 Å². The van der Waals surface area contributed by atoms with Gasteiger partial charge in [0.15, 0.2) is 0 Å². The van der Waals surface area contributed by atoms with Crippen LogP contribution in [0.1, 0.15) is 5.56 Å². The maximum atomic E-state index is 11.4. The Balaban J connectivity index is 2.76. The third kappa shape index (κ3) is 4.22. The van der Waals surface area contributed by atoms with Crippen molar-refractivity contribution in [2.24, 2.45) is 0 Å². The third-order valence-electron chi connectivity index (χ3n) is 1.90. The topological polar surface area (TPSA) is 89.3 Å². The maximum Gasteiger partial charge on any atom is 0.269 e. The second-order valence-electron chi connectivity index (χ2n) is 3.21. The average Bonchev–Trinajstić information content (AvgIpc) is 2.26. The molecule has 1 N–H and O–H groups in total. The van der Waals surface area contributed by atoms with Gasteiger partial charge in [-0.1, -0.05) is 18.1 Å². The van der Waals surface area contributed by atoms with Crippen LogP contribution in [0.3, 0.4) is 0 Å². The van der Waals surface area contributed by atoms with E-state index in [9.17, 15) is 18.5 Å². The third-order valence-corrected chi connectivity index (χ3v) is 3.20. The summed E-state index contributed by atoms with van der Waals surface area (Å²) < 4.78 is 25.1. The molecule has 0 aliphatic rings. The molecular formula is C10H10N2O4S. The molecule has 0 spiro atoms. The molecule has 1 aromatic carbocycles. The van der Waals surface area contributed by atoms with Gasteiger partial charge in [-0.05, 0) is 5.56 Å². The second-order valence-corrected chi connectivity index (χ2v) is 5.01. The van der Waals surface area contributed by atoms with Gasteiger partial charge in [-0.15, -0.1) is 6.42 Å². The lowest BCUT2D eigenvalue weighted by Gasteiger charge is -2.03. The molecule has 0 unspecified atom stereocenters. The Morgan fingerprint density at radius 2 is 1.94 bits per heavy atom. The van der Waals surface area contributed by atoms with E-state index in [0.717, 1.165) is 0 Å². The number of hydrogen-bond acceptors (Lipinski definition) is 4. The van der Waals surface area contributed by atoms with Crippen LogP contribution in [0, 0.1) is 22.5 Å². The SMILES string of the molecule is C#CCNS(=O)(=O)Cc1ccc([N+](=O)[O-])cc1. The van der Waals surface area contributed by atoms with Crippen molar-refractivity contribution in [3.63, 3.8) is 0 Å². The second kappa shape index (κ2) is 5.43. The fourth-order valence-electron chi connectivity index (χ4n) is 1.14. The van der Waals surface area contributed by atoms with Gasteiger partial charge >= 0.3 is 0 Å². The number of nitro groups is 1. The van der Waals surface area contributed by atoms with Crippen LogP contribution < -0.4 is 4.72 Å². The average molecular weight is 254 g/mol. The number of sulfonamides is 1. The van der Waals surface area contributed by atoms with Crippen LogP contribution in [0.5, 0.6) is 0 Å². The molecule has 0 radical (unpaired) electrons. The number of terminal acetylenes is 1. The van der Waals surface area contributed by atoms with E-state index in [1.165, 1.54) is 24.3 Å². The summed E-state index contributed by atoms with van der Waals surface area (Å²) in [7, 11) is -3.49. The first-order chi connectivity index (χ1) is 7.94. The maximum absolute atomic E-state index is 11.4. The normalized spacial score (nSPS) is 10.8. The number of rotatable bonds is 5. The molecule has 1 rings (SSSR count). The fraction of sp³-hybridized carbons (Fsp3) is 0.200. The summed E-state index contributed by atoms with van der Waals surface area (Å²) in [5, 5.41) is 10.4. The molecule has 0 aliphatic heterocycles. The zero-order chi connectivity index (χ0) is 12.9. The standard InChI is InChI=1S/C10H10N2O4S/c1-2-7-11-17(15,16)8-9-3-5-10(6-4-9)12(13)14/h1,3-6,11H,7-8H2. The monoisotopic (exact) mass is 254 g/mol. The Morgan fingerprint density at radius 3 is 2.41 bits per heavy atom. The molecule has 0 aromatic heterocycles. The van der Waals surface area contributed by atoms with E-state index < -0.39 is 14.9 Å². The van der Waals surface area contributed by atoms with Gasteiger partial charge in [-0.25, -0.2) is 13.1 Å². The van der Waals surface area contributed by atoms with Crippen LogP contribution in [-0.2, 0) is 15.8 Å². The number of benzene rings is 1. The van der Waals surface area contributed by atoms with Crippen LogP contribution in [0.25, 0.3) is 0 Å². The summed E-state index contributed by atoms with van der Waals surface area (Å²) in [6.45, 7) is -0.0741. The van der Waals surface area contributed by atoms with Crippen molar-refractivity contribution in [1.82, 2.24) is 4.72 Å². The van der Waals surface area contributed by atoms with Crippen LogP contribution >= 0.6 is 0 Å². The predicted molar refractivity (Wildman–Crippen MR) is 62.6 cm³/mol. The van der Waals surface area contributed by atoms with E-state index in [0.29, 0.717) is 5.56 Å². The number of non-ortho nitro benzene ring substituents is 1. The van der Waals surface area contributed by atoms with Crippen molar-refractivity contribution in [3.05, 3.63) is 39.9 Å². The molecule has 17 heavy (non-hydrogen) atoms. The van der Waals surface area contributed by atoms with Gasteiger partial charge in [-0.2, -0.15) is 0 Å². The summed E-state index contributed by atoms with van der Waals surface area (Å²) in [5.74, 6) is 1.90. The summed E-state index contributed by atoms with van der Waals surface area (Å²) in [5.41, 5.74) is 0.378. The van der Waals surface area contributed by atoms with Gasteiger partial charge in [0.25, 0.3) is 5.69 Å². The predicted octanol–water partition coefficient (Wildman–Crippen LogP) is 0.647. The van der Waals surface area contributed by atoms with Crippen molar-refractivity contribution < 1.29 is 13.3 Å². The highest BCUT2D eigenvalue weighted by molar-refractivity contribution is 7.88. The highest BCUT2D eigenvalue weighted by Crippen LogP contribution is 2.13. The highest BCUT2D eigenvalue weighted by atomic mass is 32.2. The van der Waals surface area contributed by atoms with Gasteiger partial charge in [0.2, 0.25) is 10.0 Å². The number of nitro benzene ring substituents is 1. The van der Waals surface area contributed by atoms with E-state index in [2.05, 4.69) is 10.6 Å². The molecule has 1 aromatic rings. The number of nitrogens with zero attached hydrogens (tertiary/aromatic N) is 1. The van der Waals surface area contributed by atoms with Crippen LogP contribution in [0.15, 0.2) is 24.3 Å². The van der Waals surface area contributed by atoms with Gasteiger partial charge in [0, 0.05) is 12.1 Å². The minimum Gasteiger partial charge on any atom is -0.258 e. The van der Waals surface area contributed by atoms with E-state index in [1.807, 2.05) is 0 Å². The number of hydrogen-bond donors (Lipinski definition) is 1. The minimum atomic E-state index is -3.49. The summed E-state index contributed by atoms with van der Waals surface area (Å²) in [6, 6.07) is 5.30. The van der Waals surface area contributed by atoms with E-state index in [1.54, 1.807) is 0 Å². The number of nitrogens with one attached hydrogen (secondary N) is 1. The Kier molecular flexibility index (Phi) is 4.20. The van der Waals surface area contributed by atoms with Crippen LogP contribution in [0.4, 0.5) is 5.69 Å². The first-order valence-corrected chi connectivity index (χ1v) is 6.24. The zero-order valence-electron chi connectivity index (χ0n) is 8.79. The van der Waals surface area contributed by atoms with Crippen molar-refractivity contribution in [1.29, 1.82) is 0 Å². The van der Waals surface area contributed by atoms with Crippen molar-refractivity contribution in [2.75, 3.05) is 6.54 Å². The van der Waals surface area contributed by atoms with Crippen molar-refractivity contribution in [2.45, 2.75) is 5.75 Å². The van der Waals surface area contributed by atoms with Crippen molar-refractivity contribution >= 4 is 15.7 Å². The van der Waals surface area contributed by atoms with Gasteiger partial charge in [-0.3, -0.25) is 10.1 Å². The molecule has 6 nitrogen and oxygen atoms in total. The van der Waals surface area contributed by atoms with Gasteiger partial charge in [0.1, 0.15) is 0 Å². The molecule has 0 fully saturated rings. The molecule has 0 heterocycles. The van der Waals surface area contributed by atoms with E-state index in [4.69, 9.17) is 6.42 Å². The fourth-order valence-corrected chi connectivity index (χ4v) is 2.17. The van der Waals surface area contributed by atoms with E-state index in [-0.39, 0.29) is 18.0 Å². The first-order valence-electron chi connectivity index (χ1n) is 4.59. The molecule has 0 bridgehead atoms. The molecule has 0 saturated heterocycles.